The Balaban J connectivity index is 0.00000363. The van der Waals surface area contributed by atoms with E-state index >= 15 is 0 Å². The van der Waals surface area contributed by atoms with Crippen molar-refractivity contribution >= 4 is 35.8 Å². The molecule has 0 aliphatic carbocycles. The van der Waals surface area contributed by atoms with E-state index in [1.807, 2.05) is 31.2 Å². The van der Waals surface area contributed by atoms with Crippen molar-refractivity contribution in [3.63, 3.8) is 0 Å². The number of hydrogen-bond donors (Lipinski definition) is 3. The molecule has 1 amide bonds. The smallest absolute Gasteiger partial charge is 0.248 e. The van der Waals surface area contributed by atoms with Gasteiger partial charge < -0.3 is 21.1 Å². The molecular weight excluding hydrogens is 517 g/mol. The van der Waals surface area contributed by atoms with Crippen molar-refractivity contribution in [2.45, 2.75) is 32.4 Å². The standard InChI is InChI=1S/C24H33N5O2.HI/c1-3-26-24(27-16-18-7-6-8-20(15-18)23(25)30)28-17-22(29-13-4-5-14-29)19-9-11-21(31-2)12-10-19;/h6-12,15,22H,3-5,13-14,16-17H2,1-2H3,(H2,25,30)(H2,26,27,28);1H. The number of carbonyl (C=O) groups is 1. The minimum absolute atomic E-state index is 0. The van der Waals surface area contributed by atoms with Crippen molar-refractivity contribution in [1.82, 2.24) is 15.5 Å². The number of amides is 1. The highest BCUT2D eigenvalue weighted by Gasteiger charge is 2.23. The molecule has 0 aromatic heterocycles. The third-order valence-electron chi connectivity index (χ3n) is 5.52. The van der Waals surface area contributed by atoms with Crippen LogP contribution in [0.4, 0.5) is 0 Å². The Labute approximate surface area is 207 Å². The summed E-state index contributed by atoms with van der Waals surface area (Å²) in [6, 6.07) is 15.9. The zero-order chi connectivity index (χ0) is 22.1. The molecule has 0 spiro atoms. The van der Waals surface area contributed by atoms with Crippen molar-refractivity contribution in [3.05, 3.63) is 65.2 Å². The second kappa shape index (κ2) is 13.3. The Kier molecular flexibility index (Phi) is 10.8. The number of guanidine groups is 1. The second-order valence-corrected chi connectivity index (χ2v) is 7.67. The molecule has 1 atom stereocenters. The highest BCUT2D eigenvalue weighted by molar-refractivity contribution is 14.0. The van der Waals surface area contributed by atoms with Crippen molar-refractivity contribution in [2.75, 3.05) is 33.3 Å². The molecule has 1 fully saturated rings. The maximum Gasteiger partial charge on any atom is 0.248 e. The van der Waals surface area contributed by atoms with Gasteiger partial charge in [0, 0.05) is 18.7 Å². The zero-order valence-corrected chi connectivity index (χ0v) is 21.2. The van der Waals surface area contributed by atoms with Gasteiger partial charge in [-0.3, -0.25) is 9.69 Å². The van der Waals surface area contributed by atoms with Crippen molar-refractivity contribution < 1.29 is 9.53 Å². The lowest BCUT2D eigenvalue weighted by Crippen LogP contribution is -2.42. The Morgan fingerprint density at radius 1 is 1.16 bits per heavy atom. The largest absolute Gasteiger partial charge is 0.497 e. The fourth-order valence-electron chi connectivity index (χ4n) is 3.87. The van der Waals surface area contributed by atoms with E-state index in [0.29, 0.717) is 12.1 Å². The number of hydrogen-bond acceptors (Lipinski definition) is 4. The minimum Gasteiger partial charge on any atom is -0.497 e. The van der Waals surface area contributed by atoms with Gasteiger partial charge in [-0.05, 0) is 68.2 Å². The first-order valence-corrected chi connectivity index (χ1v) is 10.9. The van der Waals surface area contributed by atoms with Crippen molar-refractivity contribution in [2.24, 2.45) is 10.7 Å². The summed E-state index contributed by atoms with van der Waals surface area (Å²) in [7, 11) is 1.69. The molecular formula is C24H34IN5O2. The number of ether oxygens (including phenoxy) is 1. The number of carbonyl (C=O) groups excluding carboxylic acids is 1. The quantitative estimate of drug-likeness (QED) is 0.253. The fraction of sp³-hybridized carbons (Fsp3) is 0.417. The van der Waals surface area contributed by atoms with E-state index < -0.39 is 5.91 Å². The van der Waals surface area contributed by atoms with Gasteiger partial charge in [-0.25, -0.2) is 4.99 Å². The molecule has 0 saturated carbocycles. The molecule has 1 saturated heterocycles. The summed E-state index contributed by atoms with van der Waals surface area (Å²) >= 11 is 0. The lowest BCUT2D eigenvalue weighted by molar-refractivity contribution is 0.1000. The summed E-state index contributed by atoms with van der Waals surface area (Å²) in [5.41, 5.74) is 8.10. The predicted molar refractivity (Wildman–Crippen MR) is 140 cm³/mol. The van der Waals surface area contributed by atoms with Gasteiger partial charge in [-0.2, -0.15) is 0 Å². The predicted octanol–water partition coefficient (Wildman–Crippen LogP) is 3.30. The van der Waals surface area contributed by atoms with E-state index in [1.54, 1.807) is 19.2 Å². The third-order valence-corrected chi connectivity index (χ3v) is 5.52. The van der Waals surface area contributed by atoms with E-state index in [9.17, 15) is 4.79 Å². The molecule has 7 nitrogen and oxygen atoms in total. The number of nitrogens with one attached hydrogen (secondary N) is 2. The first kappa shape index (κ1) is 25.9. The lowest BCUT2D eigenvalue weighted by Gasteiger charge is -2.29. The van der Waals surface area contributed by atoms with Crippen molar-refractivity contribution in [1.29, 1.82) is 0 Å². The van der Waals surface area contributed by atoms with Crippen LogP contribution in [0.5, 0.6) is 5.75 Å². The number of methoxy groups -OCH3 is 1. The van der Waals surface area contributed by atoms with Crippen LogP contribution in [0, 0.1) is 0 Å². The van der Waals surface area contributed by atoms with Crippen LogP contribution in [0.1, 0.15) is 47.3 Å². The summed E-state index contributed by atoms with van der Waals surface area (Å²) in [4.78, 5) is 18.7. The van der Waals surface area contributed by atoms with Gasteiger partial charge >= 0.3 is 0 Å². The lowest BCUT2D eigenvalue weighted by atomic mass is 10.1. The summed E-state index contributed by atoms with van der Waals surface area (Å²) in [5, 5.41) is 6.82. The molecule has 1 aliphatic rings. The molecule has 2 aromatic rings. The number of nitrogens with zero attached hydrogens (tertiary/aromatic N) is 2. The molecule has 1 unspecified atom stereocenters. The third kappa shape index (κ3) is 7.37. The topological polar surface area (TPSA) is 92.0 Å². The molecule has 174 valence electrons. The van der Waals surface area contributed by atoms with E-state index in [2.05, 4.69) is 27.7 Å². The first-order chi connectivity index (χ1) is 15.1. The number of nitrogens with two attached hydrogens (primary N) is 1. The molecule has 0 radical (unpaired) electrons. The normalized spacial score (nSPS) is 15.0. The van der Waals surface area contributed by atoms with E-state index in [-0.39, 0.29) is 30.0 Å². The van der Waals surface area contributed by atoms with Gasteiger partial charge in [0.1, 0.15) is 5.75 Å². The Morgan fingerprint density at radius 3 is 2.50 bits per heavy atom. The van der Waals surface area contributed by atoms with Crippen LogP contribution in [0.15, 0.2) is 53.5 Å². The van der Waals surface area contributed by atoms with E-state index in [4.69, 9.17) is 15.5 Å². The van der Waals surface area contributed by atoms with Crippen LogP contribution in [-0.4, -0.2) is 50.1 Å². The number of likely N-dealkylation sites (tertiary alicyclic amines) is 1. The van der Waals surface area contributed by atoms with Crippen LogP contribution in [-0.2, 0) is 6.54 Å². The summed E-state index contributed by atoms with van der Waals surface area (Å²) in [6.45, 7) is 6.24. The van der Waals surface area contributed by atoms with Gasteiger partial charge in [0.05, 0.1) is 19.7 Å². The maximum atomic E-state index is 11.4. The molecule has 8 heteroatoms. The summed E-state index contributed by atoms with van der Waals surface area (Å²) in [5.74, 6) is 1.19. The molecule has 3 rings (SSSR count). The zero-order valence-electron chi connectivity index (χ0n) is 18.8. The molecule has 4 N–H and O–H groups in total. The number of primary amides is 1. The van der Waals surface area contributed by atoms with Gasteiger partial charge in [-0.15, -0.1) is 24.0 Å². The highest BCUT2D eigenvalue weighted by Crippen LogP contribution is 2.26. The van der Waals surface area contributed by atoms with Crippen LogP contribution in [0.25, 0.3) is 0 Å². The van der Waals surface area contributed by atoms with Gasteiger partial charge in [0.2, 0.25) is 5.91 Å². The van der Waals surface area contributed by atoms with Gasteiger partial charge in [0.25, 0.3) is 0 Å². The minimum atomic E-state index is -0.427. The van der Waals surface area contributed by atoms with Crippen LogP contribution < -0.4 is 21.1 Å². The Morgan fingerprint density at radius 2 is 1.88 bits per heavy atom. The summed E-state index contributed by atoms with van der Waals surface area (Å²) < 4.78 is 5.31. The van der Waals surface area contributed by atoms with Gasteiger partial charge in [-0.1, -0.05) is 24.3 Å². The monoisotopic (exact) mass is 551 g/mol. The number of benzene rings is 2. The number of aliphatic imine (C=N–C) groups is 1. The average molecular weight is 551 g/mol. The molecule has 1 heterocycles. The Hall–Kier alpha value is -2.33. The molecule has 0 bridgehead atoms. The molecule has 32 heavy (non-hydrogen) atoms. The van der Waals surface area contributed by atoms with Gasteiger partial charge in [0.15, 0.2) is 5.96 Å². The van der Waals surface area contributed by atoms with Crippen LogP contribution >= 0.6 is 24.0 Å². The van der Waals surface area contributed by atoms with Crippen LogP contribution in [0.3, 0.4) is 0 Å². The summed E-state index contributed by atoms with van der Waals surface area (Å²) in [6.07, 6.45) is 2.47. The maximum absolute atomic E-state index is 11.4. The number of rotatable bonds is 9. The molecule has 1 aliphatic heterocycles. The van der Waals surface area contributed by atoms with Crippen molar-refractivity contribution in [3.8, 4) is 5.75 Å². The highest BCUT2D eigenvalue weighted by atomic mass is 127. The Bertz CT molecular complexity index is 882. The van der Waals surface area contributed by atoms with E-state index in [1.165, 1.54) is 18.4 Å². The fourth-order valence-corrected chi connectivity index (χ4v) is 3.87. The molecule has 2 aromatic carbocycles. The first-order valence-electron chi connectivity index (χ1n) is 10.9. The second-order valence-electron chi connectivity index (χ2n) is 7.67. The number of halogens is 1. The average Bonchev–Trinajstić information content (AvgIpc) is 3.32. The van der Waals surface area contributed by atoms with E-state index in [0.717, 1.165) is 43.5 Å². The SMILES string of the molecule is CCNC(=NCc1cccc(C(N)=O)c1)NCC(c1ccc(OC)cc1)N1CCCC1.I. The van der Waals surface area contributed by atoms with Crippen LogP contribution in [0.2, 0.25) is 0 Å².